The van der Waals surface area contributed by atoms with E-state index in [-0.39, 0.29) is 0 Å². The zero-order valence-electron chi connectivity index (χ0n) is 10.8. The Morgan fingerprint density at radius 2 is 1.95 bits per heavy atom. The minimum absolute atomic E-state index is 0.396. The van der Waals surface area contributed by atoms with Crippen LogP contribution in [0.15, 0.2) is 62.1 Å². The fraction of sp³-hybridized carbons (Fsp3) is 0.125. The summed E-state index contributed by atoms with van der Waals surface area (Å²) in [6, 6.07) is 11.6. The van der Waals surface area contributed by atoms with Gasteiger partial charge in [0.25, 0.3) is 0 Å². The summed E-state index contributed by atoms with van der Waals surface area (Å²) in [5.41, 5.74) is 0. The smallest absolute Gasteiger partial charge is 0.237 e. The van der Waals surface area contributed by atoms with Crippen molar-refractivity contribution in [2.24, 2.45) is 0 Å². The monoisotopic (exact) mass is 256 g/mol. The molecule has 0 aliphatic rings. The van der Waals surface area contributed by atoms with Gasteiger partial charge in [-0.3, -0.25) is 0 Å². The first-order chi connectivity index (χ1) is 9.24. The van der Waals surface area contributed by atoms with Gasteiger partial charge in [-0.15, -0.1) is 0 Å². The van der Waals surface area contributed by atoms with Gasteiger partial charge in [0.2, 0.25) is 6.29 Å². The zero-order chi connectivity index (χ0) is 13.7. The van der Waals surface area contributed by atoms with Crippen LogP contribution < -0.4 is 9.47 Å². The SMILES string of the molecule is C=COc1ccc2cccc(OC(C)OC=C)c2c1. The first-order valence-electron chi connectivity index (χ1n) is 5.98. The summed E-state index contributed by atoms with van der Waals surface area (Å²) in [6.07, 6.45) is 2.36. The molecule has 0 heterocycles. The number of ether oxygens (including phenoxy) is 3. The topological polar surface area (TPSA) is 27.7 Å². The quantitative estimate of drug-likeness (QED) is 0.571. The van der Waals surface area contributed by atoms with E-state index in [4.69, 9.17) is 14.2 Å². The summed E-state index contributed by atoms with van der Waals surface area (Å²) in [5, 5.41) is 2.03. The van der Waals surface area contributed by atoms with Crippen molar-refractivity contribution < 1.29 is 14.2 Å². The van der Waals surface area contributed by atoms with E-state index < -0.39 is 6.29 Å². The molecular formula is C16H16O3. The normalized spacial score (nSPS) is 11.6. The molecule has 0 fully saturated rings. The van der Waals surface area contributed by atoms with Gasteiger partial charge in [-0.2, -0.15) is 0 Å². The fourth-order valence-electron chi connectivity index (χ4n) is 1.84. The number of benzene rings is 2. The molecule has 0 aliphatic carbocycles. The maximum Gasteiger partial charge on any atom is 0.237 e. The second-order valence-corrected chi connectivity index (χ2v) is 3.91. The summed E-state index contributed by atoms with van der Waals surface area (Å²) in [7, 11) is 0. The Morgan fingerprint density at radius 3 is 2.68 bits per heavy atom. The summed E-state index contributed by atoms with van der Waals surface area (Å²) >= 11 is 0. The van der Waals surface area contributed by atoms with Crippen LogP contribution in [-0.2, 0) is 4.74 Å². The molecule has 2 rings (SSSR count). The minimum atomic E-state index is -0.396. The molecule has 3 nitrogen and oxygen atoms in total. The van der Waals surface area contributed by atoms with Gasteiger partial charge in [-0.05, 0) is 23.6 Å². The van der Waals surface area contributed by atoms with E-state index in [1.807, 2.05) is 43.3 Å². The zero-order valence-corrected chi connectivity index (χ0v) is 10.8. The lowest BCUT2D eigenvalue weighted by Gasteiger charge is -2.15. The first-order valence-corrected chi connectivity index (χ1v) is 5.98. The van der Waals surface area contributed by atoms with Crippen molar-refractivity contribution in [1.29, 1.82) is 0 Å². The van der Waals surface area contributed by atoms with Crippen LogP contribution in [0.5, 0.6) is 11.5 Å². The van der Waals surface area contributed by atoms with Gasteiger partial charge in [0, 0.05) is 12.3 Å². The van der Waals surface area contributed by atoms with E-state index in [0.29, 0.717) is 0 Å². The Bertz CT molecular complexity index is 590. The third-order valence-electron chi connectivity index (χ3n) is 2.61. The molecule has 0 radical (unpaired) electrons. The Hall–Kier alpha value is -2.42. The molecule has 0 aliphatic heterocycles. The van der Waals surface area contributed by atoms with Crippen LogP contribution in [0.3, 0.4) is 0 Å². The van der Waals surface area contributed by atoms with Crippen molar-refractivity contribution in [2.75, 3.05) is 0 Å². The second kappa shape index (κ2) is 5.96. The molecule has 1 atom stereocenters. The molecule has 0 saturated heterocycles. The van der Waals surface area contributed by atoms with Crippen molar-refractivity contribution >= 4 is 10.8 Å². The number of hydrogen-bond acceptors (Lipinski definition) is 3. The molecule has 0 bridgehead atoms. The van der Waals surface area contributed by atoms with E-state index >= 15 is 0 Å². The largest absolute Gasteiger partial charge is 0.466 e. The molecular weight excluding hydrogens is 240 g/mol. The molecule has 0 amide bonds. The highest BCUT2D eigenvalue weighted by Gasteiger charge is 2.07. The average Bonchev–Trinajstić information content (AvgIpc) is 2.40. The summed E-state index contributed by atoms with van der Waals surface area (Å²) in [4.78, 5) is 0. The maximum absolute atomic E-state index is 5.73. The van der Waals surface area contributed by atoms with E-state index in [9.17, 15) is 0 Å². The van der Waals surface area contributed by atoms with Crippen LogP contribution in [-0.4, -0.2) is 6.29 Å². The Balaban J connectivity index is 2.38. The van der Waals surface area contributed by atoms with Crippen LogP contribution in [0.2, 0.25) is 0 Å². The van der Waals surface area contributed by atoms with Gasteiger partial charge in [0.1, 0.15) is 11.5 Å². The van der Waals surface area contributed by atoms with Gasteiger partial charge in [0.15, 0.2) is 0 Å². The average molecular weight is 256 g/mol. The molecule has 3 heteroatoms. The van der Waals surface area contributed by atoms with Crippen LogP contribution in [0.25, 0.3) is 10.8 Å². The lowest BCUT2D eigenvalue weighted by molar-refractivity contribution is -0.0121. The third kappa shape index (κ3) is 3.07. The Labute approximate surface area is 112 Å². The number of fused-ring (bicyclic) bond motifs is 1. The van der Waals surface area contributed by atoms with Crippen molar-refractivity contribution in [3.63, 3.8) is 0 Å². The molecule has 0 N–H and O–H groups in total. The Morgan fingerprint density at radius 1 is 1.11 bits per heavy atom. The highest BCUT2D eigenvalue weighted by molar-refractivity contribution is 5.89. The molecule has 2 aromatic carbocycles. The van der Waals surface area contributed by atoms with Gasteiger partial charge < -0.3 is 14.2 Å². The summed E-state index contributed by atoms with van der Waals surface area (Å²) in [6.45, 7) is 8.87. The number of rotatable bonds is 6. The van der Waals surface area contributed by atoms with Gasteiger partial charge in [-0.25, -0.2) is 0 Å². The molecule has 19 heavy (non-hydrogen) atoms. The lowest BCUT2D eigenvalue weighted by Crippen LogP contribution is -2.13. The van der Waals surface area contributed by atoms with Gasteiger partial charge in [0.05, 0.1) is 12.5 Å². The predicted octanol–water partition coefficient (Wildman–Crippen LogP) is 4.25. The van der Waals surface area contributed by atoms with Crippen LogP contribution in [0, 0.1) is 0 Å². The number of hydrogen-bond donors (Lipinski definition) is 0. The van der Waals surface area contributed by atoms with Gasteiger partial charge >= 0.3 is 0 Å². The van der Waals surface area contributed by atoms with Gasteiger partial charge in [-0.1, -0.05) is 31.4 Å². The summed E-state index contributed by atoms with van der Waals surface area (Å²) < 4.78 is 16.2. The molecule has 98 valence electrons. The molecule has 0 saturated carbocycles. The van der Waals surface area contributed by atoms with Crippen LogP contribution in [0.4, 0.5) is 0 Å². The van der Waals surface area contributed by atoms with Crippen LogP contribution >= 0.6 is 0 Å². The summed E-state index contributed by atoms with van der Waals surface area (Å²) in [5.74, 6) is 1.46. The third-order valence-corrected chi connectivity index (χ3v) is 2.61. The molecule has 2 aromatic rings. The van der Waals surface area contributed by atoms with Crippen molar-refractivity contribution in [3.8, 4) is 11.5 Å². The van der Waals surface area contributed by atoms with Crippen molar-refractivity contribution in [3.05, 3.63) is 62.1 Å². The standard InChI is InChI=1S/C16H16O3/c1-4-17-12(3)19-16-8-6-7-13-9-10-14(18-5-2)11-15(13)16/h4-12H,1-2H2,3H3. The molecule has 1 unspecified atom stereocenters. The van der Waals surface area contributed by atoms with Crippen molar-refractivity contribution in [1.82, 2.24) is 0 Å². The second-order valence-electron chi connectivity index (χ2n) is 3.91. The van der Waals surface area contributed by atoms with Crippen LogP contribution in [0.1, 0.15) is 6.92 Å². The molecule has 0 aromatic heterocycles. The highest BCUT2D eigenvalue weighted by atomic mass is 16.7. The van der Waals surface area contributed by atoms with E-state index in [2.05, 4.69) is 13.2 Å². The van der Waals surface area contributed by atoms with E-state index in [1.165, 1.54) is 12.5 Å². The Kier molecular flexibility index (Phi) is 4.08. The maximum atomic E-state index is 5.73. The lowest BCUT2D eigenvalue weighted by atomic mass is 10.1. The van der Waals surface area contributed by atoms with E-state index in [1.54, 1.807) is 0 Å². The predicted molar refractivity (Wildman–Crippen MR) is 76.1 cm³/mol. The highest BCUT2D eigenvalue weighted by Crippen LogP contribution is 2.30. The van der Waals surface area contributed by atoms with Crippen molar-refractivity contribution in [2.45, 2.75) is 13.2 Å². The fourth-order valence-corrected chi connectivity index (χ4v) is 1.84. The van der Waals surface area contributed by atoms with E-state index in [0.717, 1.165) is 22.3 Å². The molecule has 0 spiro atoms. The first kappa shape index (κ1) is 13.0. The minimum Gasteiger partial charge on any atom is -0.466 e.